The van der Waals surface area contributed by atoms with Crippen LogP contribution < -0.4 is 11.1 Å². The summed E-state index contributed by atoms with van der Waals surface area (Å²) in [6.07, 6.45) is 1.29. The third-order valence-corrected chi connectivity index (χ3v) is 2.35. The molecule has 0 heterocycles. The number of aryl methyl sites for hydroxylation is 1. The van der Waals surface area contributed by atoms with Gasteiger partial charge < -0.3 is 11.1 Å². The van der Waals surface area contributed by atoms with Crippen molar-refractivity contribution in [2.75, 3.05) is 13.1 Å². The summed E-state index contributed by atoms with van der Waals surface area (Å²) in [7, 11) is 0. The molecule has 0 unspecified atom stereocenters. The Hall–Kier alpha value is -1.35. The second-order valence-electron chi connectivity index (χ2n) is 3.57. The fraction of sp³-hybridized carbons (Fsp3) is 0.417. The number of nitrogens with one attached hydrogen (secondary N) is 1. The molecule has 1 rings (SSSR count). The van der Waals surface area contributed by atoms with Gasteiger partial charge in [-0.3, -0.25) is 4.79 Å². The summed E-state index contributed by atoms with van der Waals surface area (Å²) >= 11 is 0. The molecule has 0 spiro atoms. The number of amides is 1. The molecule has 0 aliphatic rings. The van der Waals surface area contributed by atoms with Crippen molar-refractivity contribution in [2.45, 2.75) is 19.8 Å². The highest BCUT2D eigenvalue weighted by atomic mass is 16.1. The lowest BCUT2D eigenvalue weighted by atomic mass is 10.1. The molecule has 0 fully saturated rings. The molecule has 0 radical (unpaired) electrons. The molecule has 15 heavy (non-hydrogen) atoms. The zero-order chi connectivity index (χ0) is 11.1. The average Bonchev–Trinajstić information content (AvgIpc) is 2.21. The van der Waals surface area contributed by atoms with Gasteiger partial charge in [-0.05, 0) is 24.5 Å². The van der Waals surface area contributed by atoms with Crippen molar-refractivity contribution in [1.29, 1.82) is 0 Å². The maximum atomic E-state index is 11.1. The number of rotatable bonds is 5. The van der Waals surface area contributed by atoms with Gasteiger partial charge in [0.15, 0.2) is 0 Å². The minimum Gasteiger partial charge on any atom is -0.356 e. The maximum absolute atomic E-state index is 11.1. The Labute approximate surface area is 90.7 Å². The number of carbonyl (C=O) groups excluding carboxylic acids is 1. The Kier molecular flexibility index (Phi) is 4.84. The van der Waals surface area contributed by atoms with E-state index in [1.807, 2.05) is 12.1 Å². The summed E-state index contributed by atoms with van der Waals surface area (Å²) in [4.78, 5) is 11.1. The Balaban J connectivity index is 2.32. The maximum Gasteiger partial charge on any atom is 0.221 e. The van der Waals surface area contributed by atoms with E-state index >= 15 is 0 Å². The van der Waals surface area contributed by atoms with Gasteiger partial charge in [-0.1, -0.05) is 24.3 Å². The third-order valence-electron chi connectivity index (χ3n) is 2.35. The van der Waals surface area contributed by atoms with Crippen LogP contribution in [0.4, 0.5) is 0 Å². The lowest BCUT2D eigenvalue weighted by molar-refractivity contribution is -0.120. The molecular weight excluding hydrogens is 188 g/mol. The Morgan fingerprint density at radius 1 is 1.40 bits per heavy atom. The predicted octanol–water partition coefficient (Wildman–Crippen LogP) is 1.00. The highest BCUT2D eigenvalue weighted by Gasteiger charge is 2.00. The number of hydrogen-bond donors (Lipinski definition) is 2. The van der Waals surface area contributed by atoms with Crippen LogP contribution in [-0.4, -0.2) is 19.0 Å². The first-order valence-corrected chi connectivity index (χ1v) is 5.25. The number of nitrogens with two attached hydrogens (primary N) is 1. The first-order chi connectivity index (χ1) is 7.24. The van der Waals surface area contributed by atoms with E-state index in [1.54, 1.807) is 0 Å². The second kappa shape index (κ2) is 6.19. The average molecular weight is 206 g/mol. The van der Waals surface area contributed by atoms with Gasteiger partial charge in [0.05, 0.1) is 0 Å². The van der Waals surface area contributed by atoms with Crippen LogP contribution >= 0.6 is 0 Å². The van der Waals surface area contributed by atoms with Gasteiger partial charge in [0, 0.05) is 19.5 Å². The van der Waals surface area contributed by atoms with Crippen LogP contribution in [0.25, 0.3) is 0 Å². The van der Waals surface area contributed by atoms with Crippen LogP contribution in [0.5, 0.6) is 0 Å². The summed E-state index contributed by atoms with van der Waals surface area (Å²) in [5, 5.41) is 2.84. The Bertz CT molecular complexity index is 323. The van der Waals surface area contributed by atoms with Gasteiger partial charge in [0.1, 0.15) is 0 Å². The summed E-state index contributed by atoms with van der Waals surface area (Å²) in [5.41, 5.74) is 7.83. The topological polar surface area (TPSA) is 55.1 Å². The predicted molar refractivity (Wildman–Crippen MR) is 61.6 cm³/mol. The molecule has 0 aliphatic carbocycles. The van der Waals surface area contributed by atoms with Crippen molar-refractivity contribution in [3.05, 3.63) is 35.4 Å². The quantitative estimate of drug-likeness (QED) is 0.755. The zero-order valence-corrected chi connectivity index (χ0v) is 9.12. The van der Waals surface area contributed by atoms with Gasteiger partial charge in [0.2, 0.25) is 5.91 Å². The molecule has 1 amide bonds. The molecule has 1 aromatic carbocycles. The van der Waals surface area contributed by atoms with Gasteiger partial charge in [-0.25, -0.2) is 0 Å². The van der Waals surface area contributed by atoms with E-state index in [9.17, 15) is 4.79 Å². The largest absolute Gasteiger partial charge is 0.356 e. The lowest BCUT2D eigenvalue weighted by Crippen LogP contribution is -2.27. The summed E-state index contributed by atoms with van der Waals surface area (Å²) in [6.45, 7) is 3.18. The first-order valence-electron chi connectivity index (χ1n) is 5.25. The number of hydrogen-bond acceptors (Lipinski definition) is 2. The monoisotopic (exact) mass is 206 g/mol. The van der Waals surface area contributed by atoms with Crippen molar-refractivity contribution < 1.29 is 4.79 Å². The van der Waals surface area contributed by atoms with Crippen LogP contribution in [0.3, 0.4) is 0 Å². The molecule has 3 N–H and O–H groups in total. The molecule has 0 saturated heterocycles. The van der Waals surface area contributed by atoms with E-state index in [4.69, 9.17) is 5.73 Å². The van der Waals surface area contributed by atoms with E-state index < -0.39 is 0 Å². The van der Waals surface area contributed by atoms with Crippen LogP contribution in [0.1, 0.15) is 17.5 Å². The molecule has 1 aromatic rings. The number of benzene rings is 1. The van der Waals surface area contributed by atoms with E-state index in [1.165, 1.54) is 11.1 Å². The zero-order valence-electron chi connectivity index (χ0n) is 9.12. The third kappa shape index (κ3) is 4.13. The van der Waals surface area contributed by atoms with Crippen LogP contribution in [-0.2, 0) is 11.2 Å². The molecule has 3 heteroatoms. The van der Waals surface area contributed by atoms with Crippen molar-refractivity contribution in [3.63, 3.8) is 0 Å². The van der Waals surface area contributed by atoms with Crippen LogP contribution in [0.15, 0.2) is 24.3 Å². The molecule has 0 aliphatic heterocycles. The summed E-state index contributed by atoms with van der Waals surface area (Å²) in [5.74, 6) is 0.0334. The van der Waals surface area contributed by atoms with E-state index in [-0.39, 0.29) is 5.91 Å². The van der Waals surface area contributed by atoms with E-state index in [2.05, 4.69) is 24.4 Å². The standard InChI is InChI=1S/C12H18N2O/c1-10-4-2-3-5-11(10)7-9-14-12(15)6-8-13/h2-5H,6-9,13H2,1H3,(H,14,15). The molecule has 0 atom stereocenters. The molecular formula is C12H18N2O. The van der Waals surface area contributed by atoms with Crippen molar-refractivity contribution in [1.82, 2.24) is 5.32 Å². The first kappa shape index (κ1) is 11.7. The fourth-order valence-corrected chi connectivity index (χ4v) is 1.45. The molecule has 0 saturated carbocycles. The smallest absolute Gasteiger partial charge is 0.221 e. The van der Waals surface area contributed by atoms with Crippen LogP contribution in [0.2, 0.25) is 0 Å². The van der Waals surface area contributed by atoms with Crippen molar-refractivity contribution >= 4 is 5.91 Å². The Morgan fingerprint density at radius 2 is 2.13 bits per heavy atom. The minimum atomic E-state index is 0.0334. The van der Waals surface area contributed by atoms with Gasteiger partial charge in [-0.15, -0.1) is 0 Å². The molecule has 82 valence electrons. The van der Waals surface area contributed by atoms with Gasteiger partial charge >= 0.3 is 0 Å². The summed E-state index contributed by atoms with van der Waals surface area (Å²) in [6, 6.07) is 8.21. The summed E-state index contributed by atoms with van der Waals surface area (Å²) < 4.78 is 0. The molecule has 0 bridgehead atoms. The van der Waals surface area contributed by atoms with Crippen LogP contribution in [0, 0.1) is 6.92 Å². The van der Waals surface area contributed by atoms with Crippen molar-refractivity contribution in [2.24, 2.45) is 5.73 Å². The normalized spacial score (nSPS) is 10.0. The fourth-order valence-electron chi connectivity index (χ4n) is 1.45. The highest BCUT2D eigenvalue weighted by molar-refractivity contribution is 5.76. The molecule has 3 nitrogen and oxygen atoms in total. The minimum absolute atomic E-state index is 0.0334. The number of carbonyl (C=O) groups is 1. The van der Waals surface area contributed by atoms with Gasteiger partial charge in [-0.2, -0.15) is 0 Å². The van der Waals surface area contributed by atoms with Gasteiger partial charge in [0.25, 0.3) is 0 Å². The lowest BCUT2D eigenvalue weighted by Gasteiger charge is -2.06. The van der Waals surface area contributed by atoms with Crippen molar-refractivity contribution in [3.8, 4) is 0 Å². The van der Waals surface area contributed by atoms with E-state index in [0.717, 1.165) is 6.42 Å². The molecule has 0 aromatic heterocycles. The SMILES string of the molecule is Cc1ccccc1CCNC(=O)CCN. The second-order valence-corrected chi connectivity index (χ2v) is 3.57. The highest BCUT2D eigenvalue weighted by Crippen LogP contribution is 2.06. The van der Waals surface area contributed by atoms with E-state index in [0.29, 0.717) is 19.5 Å². The Morgan fingerprint density at radius 3 is 2.80 bits per heavy atom.